The normalized spacial score (nSPS) is 31.4. The molecular formula is C34H43NO4. The van der Waals surface area contributed by atoms with Crippen molar-refractivity contribution < 1.29 is 19.8 Å². The Hall–Kier alpha value is -2.84. The monoisotopic (exact) mass is 529 g/mol. The van der Waals surface area contributed by atoms with E-state index in [1.54, 1.807) is 0 Å². The van der Waals surface area contributed by atoms with Gasteiger partial charge in [0.2, 0.25) is 0 Å². The third-order valence-corrected chi connectivity index (χ3v) is 10.3. The maximum atomic E-state index is 12.3. The molecule has 0 spiro atoms. The zero-order valence-corrected chi connectivity index (χ0v) is 23.8. The number of aliphatic carboxylic acids is 1. The van der Waals surface area contributed by atoms with E-state index in [2.05, 4.69) is 55.0 Å². The summed E-state index contributed by atoms with van der Waals surface area (Å²) in [5.41, 5.74) is 5.44. The minimum atomic E-state index is -0.958. The molecule has 4 aliphatic carbocycles. The number of unbranched alkanes of at least 4 members (excludes halogenated alkanes) is 2. The fourth-order valence-corrected chi connectivity index (χ4v) is 8.27. The van der Waals surface area contributed by atoms with Gasteiger partial charge in [0.15, 0.2) is 5.78 Å². The number of hydrogen-bond donors (Lipinski definition) is 2. The standard InChI is InChI=1S/C34H43NO4/c1-4-18-34(39)19-17-30-28-15-11-24-21-26(36)14-16-27(24)32(28)29(22-33(30,34)2)23-9-12-25(13-10-23)35(3)20-7-5-6-8-31(37)38/h9-10,12-13,21,28-30,39H,5-8,11,14-17,19-20,22H2,1-3H3,(H,37,38)/t28?,29-,30+,33+,34+/m1/s1. The highest BCUT2D eigenvalue weighted by Gasteiger charge is 2.62. The van der Waals surface area contributed by atoms with E-state index in [0.29, 0.717) is 18.3 Å². The van der Waals surface area contributed by atoms with Gasteiger partial charge in [-0.2, -0.15) is 0 Å². The van der Waals surface area contributed by atoms with Crippen LogP contribution in [-0.2, 0) is 9.59 Å². The highest BCUT2D eigenvalue weighted by molar-refractivity contribution is 5.93. The first kappa shape index (κ1) is 27.7. The van der Waals surface area contributed by atoms with Crippen LogP contribution in [0.5, 0.6) is 0 Å². The molecule has 1 aromatic carbocycles. The van der Waals surface area contributed by atoms with Crippen LogP contribution in [0.25, 0.3) is 0 Å². The molecule has 1 aromatic rings. The van der Waals surface area contributed by atoms with E-state index in [4.69, 9.17) is 5.11 Å². The SMILES string of the molecule is CC#C[C@]1(O)CC[C@H]2C3CCC4=CC(=O)CCC4=C3[C@@H](c3ccc(N(C)CCCCCC(=O)O)cc3)C[C@@]21C. The lowest BCUT2D eigenvalue weighted by molar-refractivity contribution is -0.137. The van der Waals surface area contributed by atoms with E-state index in [1.807, 2.05) is 13.0 Å². The first-order chi connectivity index (χ1) is 18.7. The van der Waals surface area contributed by atoms with Gasteiger partial charge in [0.05, 0.1) is 0 Å². The van der Waals surface area contributed by atoms with Crippen LogP contribution in [0, 0.1) is 29.1 Å². The summed E-state index contributed by atoms with van der Waals surface area (Å²) in [6, 6.07) is 8.94. The Labute approximate surface area is 233 Å². The summed E-state index contributed by atoms with van der Waals surface area (Å²) >= 11 is 0. The van der Waals surface area contributed by atoms with Crippen LogP contribution in [0.15, 0.2) is 47.1 Å². The first-order valence-electron chi connectivity index (χ1n) is 14.8. The molecule has 5 atom stereocenters. The van der Waals surface area contributed by atoms with E-state index in [9.17, 15) is 14.7 Å². The van der Waals surface area contributed by atoms with Crippen molar-refractivity contribution in [3.63, 3.8) is 0 Å². The van der Waals surface area contributed by atoms with Gasteiger partial charge in [-0.1, -0.05) is 37.0 Å². The summed E-state index contributed by atoms with van der Waals surface area (Å²) in [6.45, 7) is 5.01. The highest BCUT2D eigenvalue weighted by Crippen LogP contribution is 2.66. The zero-order chi connectivity index (χ0) is 27.8. The fraction of sp³-hybridized carbons (Fsp3) is 0.588. The molecular weight excluding hydrogens is 486 g/mol. The number of carboxylic acid groups (broad SMARTS) is 1. The van der Waals surface area contributed by atoms with Gasteiger partial charge in [0, 0.05) is 43.5 Å². The number of carbonyl (C=O) groups is 2. The molecule has 1 unspecified atom stereocenters. The number of benzene rings is 1. The Morgan fingerprint density at radius 3 is 2.59 bits per heavy atom. The molecule has 0 radical (unpaired) electrons. The van der Waals surface area contributed by atoms with Crippen molar-refractivity contribution >= 4 is 17.4 Å². The van der Waals surface area contributed by atoms with Crippen LogP contribution in [0.4, 0.5) is 5.69 Å². The number of carboxylic acids is 1. The van der Waals surface area contributed by atoms with Gasteiger partial charge >= 0.3 is 5.97 Å². The molecule has 4 aliphatic rings. The van der Waals surface area contributed by atoms with Crippen LogP contribution in [0.2, 0.25) is 0 Å². The van der Waals surface area contributed by atoms with Crippen molar-refractivity contribution in [2.45, 2.75) is 96.0 Å². The molecule has 2 fully saturated rings. The lowest BCUT2D eigenvalue weighted by Gasteiger charge is -2.53. The molecule has 2 N–H and O–H groups in total. The first-order valence-corrected chi connectivity index (χ1v) is 14.8. The van der Waals surface area contributed by atoms with Crippen LogP contribution in [0.3, 0.4) is 0 Å². The Balaban J connectivity index is 1.45. The Bertz CT molecular complexity index is 1250. The van der Waals surface area contributed by atoms with Crippen LogP contribution < -0.4 is 4.90 Å². The number of anilines is 1. The van der Waals surface area contributed by atoms with Gasteiger partial charge in [0.25, 0.3) is 0 Å². The van der Waals surface area contributed by atoms with Crippen molar-refractivity contribution in [1.82, 2.24) is 0 Å². The third kappa shape index (κ3) is 5.09. The summed E-state index contributed by atoms with van der Waals surface area (Å²) in [4.78, 5) is 25.3. The Morgan fingerprint density at radius 1 is 1.10 bits per heavy atom. The van der Waals surface area contributed by atoms with Gasteiger partial charge in [-0.15, -0.1) is 5.92 Å². The largest absolute Gasteiger partial charge is 0.481 e. The number of fused-ring (bicyclic) bond motifs is 4. The predicted molar refractivity (Wildman–Crippen MR) is 154 cm³/mol. The average Bonchev–Trinajstić information content (AvgIpc) is 3.17. The Morgan fingerprint density at radius 2 is 1.87 bits per heavy atom. The molecule has 5 rings (SSSR count). The lowest BCUT2D eigenvalue weighted by atomic mass is 9.51. The quantitative estimate of drug-likeness (QED) is 0.300. The summed E-state index contributed by atoms with van der Waals surface area (Å²) in [6.07, 6.45) is 10.8. The van der Waals surface area contributed by atoms with Crippen molar-refractivity contribution in [2.75, 3.05) is 18.5 Å². The van der Waals surface area contributed by atoms with Crippen molar-refractivity contribution in [3.8, 4) is 11.8 Å². The smallest absolute Gasteiger partial charge is 0.303 e. The van der Waals surface area contributed by atoms with Gasteiger partial charge in [-0.05, 0) is 105 Å². The second-order valence-corrected chi connectivity index (χ2v) is 12.5. The molecule has 0 aromatic heterocycles. The van der Waals surface area contributed by atoms with Gasteiger partial charge in [-0.25, -0.2) is 0 Å². The van der Waals surface area contributed by atoms with E-state index < -0.39 is 11.6 Å². The van der Waals surface area contributed by atoms with Crippen LogP contribution in [-0.4, -0.2) is 41.2 Å². The van der Waals surface area contributed by atoms with E-state index in [1.165, 1.54) is 22.3 Å². The topological polar surface area (TPSA) is 77.8 Å². The van der Waals surface area contributed by atoms with Gasteiger partial charge < -0.3 is 15.1 Å². The molecule has 0 saturated heterocycles. The molecule has 208 valence electrons. The minimum absolute atomic E-state index is 0.210. The van der Waals surface area contributed by atoms with Crippen molar-refractivity contribution in [2.24, 2.45) is 17.3 Å². The molecule has 39 heavy (non-hydrogen) atoms. The molecule has 5 heteroatoms. The Kier molecular flexibility index (Phi) is 7.80. The van der Waals surface area contributed by atoms with E-state index in [-0.39, 0.29) is 23.5 Å². The van der Waals surface area contributed by atoms with Gasteiger partial charge in [0.1, 0.15) is 5.60 Å². The summed E-state index contributed by atoms with van der Waals surface area (Å²) in [7, 11) is 2.10. The number of nitrogens with zero attached hydrogens (tertiary/aromatic N) is 1. The zero-order valence-electron chi connectivity index (χ0n) is 23.8. The molecule has 0 bridgehead atoms. The van der Waals surface area contributed by atoms with Crippen LogP contribution >= 0.6 is 0 Å². The van der Waals surface area contributed by atoms with Crippen molar-refractivity contribution in [3.05, 3.63) is 52.6 Å². The molecule has 2 saturated carbocycles. The van der Waals surface area contributed by atoms with E-state index >= 15 is 0 Å². The maximum Gasteiger partial charge on any atom is 0.303 e. The second kappa shape index (κ2) is 11.0. The maximum absolute atomic E-state index is 12.3. The number of carbonyl (C=O) groups excluding carboxylic acids is 1. The minimum Gasteiger partial charge on any atom is -0.481 e. The number of ketones is 1. The predicted octanol–water partition coefficient (Wildman–Crippen LogP) is 6.42. The van der Waals surface area contributed by atoms with Gasteiger partial charge in [-0.3, -0.25) is 9.59 Å². The number of aliphatic hydroxyl groups is 1. The second-order valence-electron chi connectivity index (χ2n) is 12.5. The molecule has 0 aliphatic heterocycles. The number of hydrogen-bond acceptors (Lipinski definition) is 4. The summed E-state index contributed by atoms with van der Waals surface area (Å²) in [5.74, 6) is 6.87. The number of rotatable bonds is 8. The average molecular weight is 530 g/mol. The summed E-state index contributed by atoms with van der Waals surface area (Å²) in [5, 5.41) is 20.7. The third-order valence-electron chi connectivity index (χ3n) is 10.3. The number of allylic oxidation sites excluding steroid dienone is 4. The van der Waals surface area contributed by atoms with Crippen molar-refractivity contribution in [1.29, 1.82) is 0 Å². The molecule has 0 heterocycles. The van der Waals surface area contributed by atoms with Crippen LogP contribution in [0.1, 0.15) is 96.0 Å². The fourth-order valence-electron chi connectivity index (χ4n) is 8.27. The molecule has 5 nitrogen and oxygen atoms in total. The molecule has 0 amide bonds. The summed E-state index contributed by atoms with van der Waals surface area (Å²) < 4.78 is 0. The van der Waals surface area contributed by atoms with E-state index in [0.717, 1.165) is 70.0 Å². The highest BCUT2D eigenvalue weighted by atomic mass is 16.4. The lowest BCUT2D eigenvalue weighted by Crippen LogP contribution is -2.51.